The second kappa shape index (κ2) is 5.00. The Kier molecular flexibility index (Phi) is 3.01. The van der Waals surface area contributed by atoms with E-state index in [1.807, 2.05) is 25.3 Å². The smallest absolute Gasteiger partial charge is 0.185 e. The summed E-state index contributed by atoms with van der Waals surface area (Å²) in [5.74, 6) is 0.777. The van der Waals surface area contributed by atoms with Crippen molar-refractivity contribution in [1.82, 2.24) is 14.3 Å². The molecule has 26 heavy (non-hydrogen) atoms. The molecule has 5 nitrogen and oxygen atoms in total. The SMILES string of the molecule is COc1cccc2c3n(nc12)C1CCC(C)(C)C1n1cc(C)c(=O)cc1-3. The molecule has 3 aromatic rings. The van der Waals surface area contributed by atoms with Gasteiger partial charge >= 0.3 is 0 Å². The predicted octanol–water partition coefficient (Wildman–Crippen LogP) is 4.10. The van der Waals surface area contributed by atoms with E-state index in [0.717, 1.165) is 46.4 Å². The zero-order valence-corrected chi connectivity index (χ0v) is 15.6. The van der Waals surface area contributed by atoms with Crippen LogP contribution in [0.4, 0.5) is 0 Å². The second-order valence-corrected chi connectivity index (χ2v) is 8.30. The lowest BCUT2D eigenvalue weighted by molar-refractivity contribution is 0.207. The van der Waals surface area contributed by atoms with E-state index in [2.05, 4.69) is 29.2 Å². The van der Waals surface area contributed by atoms with Gasteiger partial charge in [0.15, 0.2) is 5.43 Å². The highest BCUT2D eigenvalue weighted by molar-refractivity contribution is 5.96. The van der Waals surface area contributed by atoms with E-state index < -0.39 is 0 Å². The molecule has 2 aromatic heterocycles. The highest BCUT2D eigenvalue weighted by Crippen LogP contribution is 2.56. The number of hydrogen-bond acceptors (Lipinski definition) is 3. The van der Waals surface area contributed by atoms with Gasteiger partial charge in [0, 0.05) is 23.2 Å². The molecule has 1 aliphatic heterocycles. The topological polar surface area (TPSA) is 49.0 Å². The molecule has 3 heterocycles. The van der Waals surface area contributed by atoms with E-state index in [4.69, 9.17) is 9.84 Å². The van der Waals surface area contributed by atoms with E-state index >= 15 is 0 Å². The van der Waals surface area contributed by atoms with Crippen molar-refractivity contribution < 1.29 is 4.74 Å². The maximum Gasteiger partial charge on any atom is 0.185 e. The van der Waals surface area contributed by atoms with E-state index in [-0.39, 0.29) is 10.8 Å². The van der Waals surface area contributed by atoms with Crippen molar-refractivity contribution in [1.29, 1.82) is 0 Å². The fraction of sp³-hybridized carbons (Fsp3) is 0.429. The molecule has 1 aromatic carbocycles. The summed E-state index contributed by atoms with van der Waals surface area (Å²) in [6, 6.07) is 8.39. The first-order valence-electron chi connectivity index (χ1n) is 9.21. The average molecular weight is 349 g/mol. The third-order valence-electron chi connectivity index (χ3n) is 6.28. The van der Waals surface area contributed by atoms with Crippen LogP contribution in [-0.4, -0.2) is 21.5 Å². The quantitative estimate of drug-likeness (QED) is 0.665. The van der Waals surface area contributed by atoms with Crippen molar-refractivity contribution in [2.45, 2.75) is 45.7 Å². The Balaban J connectivity index is 1.92. The van der Waals surface area contributed by atoms with Gasteiger partial charge in [0.25, 0.3) is 0 Å². The van der Waals surface area contributed by atoms with Crippen LogP contribution in [-0.2, 0) is 0 Å². The minimum atomic E-state index is 0.0781. The molecule has 5 heteroatoms. The van der Waals surface area contributed by atoms with Crippen molar-refractivity contribution in [2.75, 3.05) is 7.11 Å². The van der Waals surface area contributed by atoms with Crippen LogP contribution in [0.3, 0.4) is 0 Å². The minimum Gasteiger partial charge on any atom is -0.494 e. The molecular weight excluding hydrogens is 326 g/mol. The highest BCUT2D eigenvalue weighted by atomic mass is 16.5. The number of nitrogens with zero attached hydrogens (tertiary/aromatic N) is 3. The number of ether oxygens (including phenoxy) is 1. The maximum atomic E-state index is 12.5. The number of aromatic nitrogens is 3. The summed E-state index contributed by atoms with van der Waals surface area (Å²) in [4.78, 5) is 12.5. The van der Waals surface area contributed by atoms with Gasteiger partial charge < -0.3 is 9.30 Å². The van der Waals surface area contributed by atoms with Gasteiger partial charge in [-0.25, -0.2) is 0 Å². The van der Waals surface area contributed by atoms with Crippen LogP contribution in [0, 0.1) is 12.3 Å². The fourth-order valence-electron chi connectivity index (χ4n) is 5.00. The summed E-state index contributed by atoms with van der Waals surface area (Å²) < 4.78 is 10.0. The first kappa shape index (κ1) is 15.7. The molecule has 0 saturated heterocycles. The van der Waals surface area contributed by atoms with Gasteiger partial charge in [-0.1, -0.05) is 26.0 Å². The number of methoxy groups -OCH3 is 1. The van der Waals surface area contributed by atoms with Gasteiger partial charge in [-0.05, 0) is 31.2 Å². The normalized spacial score (nSPS) is 22.8. The number of aryl methyl sites for hydroxylation is 1. The molecule has 0 amide bonds. The summed E-state index contributed by atoms with van der Waals surface area (Å²) >= 11 is 0. The van der Waals surface area contributed by atoms with Crippen LogP contribution in [0.25, 0.3) is 22.3 Å². The Morgan fingerprint density at radius 1 is 1.31 bits per heavy atom. The van der Waals surface area contributed by atoms with Gasteiger partial charge in [-0.2, -0.15) is 5.10 Å². The van der Waals surface area contributed by atoms with Gasteiger partial charge in [-0.15, -0.1) is 0 Å². The fourth-order valence-corrected chi connectivity index (χ4v) is 5.00. The van der Waals surface area contributed by atoms with Gasteiger partial charge in [0.2, 0.25) is 0 Å². The Labute approximate surface area is 152 Å². The van der Waals surface area contributed by atoms with Gasteiger partial charge in [0.05, 0.1) is 30.6 Å². The van der Waals surface area contributed by atoms with Crippen LogP contribution in [0.5, 0.6) is 5.75 Å². The second-order valence-electron chi connectivity index (χ2n) is 8.30. The molecule has 0 bridgehead atoms. The molecule has 2 atom stereocenters. The average Bonchev–Trinajstić information content (AvgIpc) is 3.14. The molecule has 5 rings (SSSR count). The molecule has 1 fully saturated rings. The molecule has 1 saturated carbocycles. The van der Waals surface area contributed by atoms with E-state index in [1.54, 1.807) is 13.2 Å². The number of hydrogen-bond donors (Lipinski definition) is 0. The van der Waals surface area contributed by atoms with Gasteiger partial charge in [0.1, 0.15) is 11.3 Å². The monoisotopic (exact) mass is 349 g/mol. The third kappa shape index (κ3) is 1.86. The van der Waals surface area contributed by atoms with Crippen molar-refractivity contribution in [3.05, 3.63) is 46.2 Å². The number of fused-ring (bicyclic) bond motifs is 8. The van der Waals surface area contributed by atoms with Crippen molar-refractivity contribution in [3.63, 3.8) is 0 Å². The Bertz CT molecular complexity index is 1110. The van der Waals surface area contributed by atoms with E-state index in [0.29, 0.717) is 12.1 Å². The highest BCUT2D eigenvalue weighted by Gasteiger charge is 2.48. The van der Waals surface area contributed by atoms with Crippen molar-refractivity contribution in [2.24, 2.45) is 5.41 Å². The molecular formula is C21H23N3O2. The molecule has 0 N–H and O–H groups in total. The van der Waals surface area contributed by atoms with Crippen LogP contribution < -0.4 is 10.2 Å². The molecule has 2 aliphatic rings. The van der Waals surface area contributed by atoms with Crippen LogP contribution in [0.15, 0.2) is 35.3 Å². The van der Waals surface area contributed by atoms with Crippen molar-refractivity contribution in [3.8, 4) is 17.1 Å². The molecule has 134 valence electrons. The Hall–Kier alpha value is -2.56. The number of benzene rings is 1. The standard InChI is InChI=1S/C21H23N3O2/c1-12-11-23-15(10-16(12)25)19-13-6-5-7-17(26-4)18(13)22-24(19)14-8-9-21(2,3)20(14)23/h5-7,10-11,14,20H,8-9H2,1-4H3. The predicted molar refractivity (Wildman–Crippen MR) is 102 cm³/mol. The maximum absolute atomic E-state index is 12.5. The Morgan fingerprint density at radius 2 is 2.12 bits per heavy atom. The molecule has 1 aliphatic carbocycles. The summed E-state index contributed by atoms with van der Waals surface area (Å²) in [5, 5.41) is 6.01. The first-order valence-corrected chi connectivity index (χ1v) is 9.21. The minimum absolute atomic E-state index is 0.0781. The molecule has 2 unspecified atom stereocenters. The van der Waals surface area contributed by atoms with Crippen LogP contribution in [0.2, 0.25) is 0 Å². The van der Waals surface area contributed by atoms with E-state index in [1.165, 1.54) is 0 Å². The summed E-state index contributed by atoms with van der Waals surface area (Å²) in [5.41, 5.74) is 3.90. The zero-order chi connectivity index (χ0) is 18.2. The Morgan fingerprint density at radius 3 is 2.88 bits per heavy atom. The summed E-state index contributed by atoms with van der Waals surface area (Å²) in [7, 11) is 1.68. The molecule has 0 spiro atoms. The summed E-state index contributed by atoms with van der Waals surface area (Å²) in [6.45, 7) is 6.55. The van der Waals surface area contributed by atoms with Crippen molar-refractivity contribution >= 4 is 10.9 Å². The molecule has 0 radical (unpaired) electrons. The lowest BCUT2D eigenvalue weighted by Crippen LogP contribution is -2.34. The van der Waals surface area contributed by atoms with Crippen LogP contribution >= 0.6 is 0 Å². The first-order chi connectivity index (χ1) is 12.4. The number of rotatable bonds is 1. The zero-order valence-electron chi connectivity index (χ0n) is 15.6. The summed E-state index contributed by atoms with van der Waals surface area (Å²) in [6.07, 6.45) is 4.27. The largest absolute Gasteiger partial charge is 0.494 e. The van der Waals surface area contributed by atoms with E-state index in [9.17, 15) is 4.79 Å². The third-order valence-corrected chi connectivity index (χ3v) is 6.28. The lowest BCUT2D eigenvalue weighted by atomic mass is 9.85. The lowest BCUT2D eigenvalue weighted by Gasteiger charge is -2.39. The number of pyridine rings is 1. The van der Waals surface area contributed by atoms with Crippen LogP contribution in [0.1, 0.15) is 44.3 Å². The van der Waals surface area contributed by atoms with Gasteiger partial charge in [-0.3, -0.25) is 9.48 Å².